The molecule has 0 radical (unpaired) electrons. The Kier molecular flexibility index (Phi) is 3.58. The molecule has 0 bridgehead atoms. The minimum Gasteiger partial charge on any atom is -0.493 e. The summed E-state index contributed by atoms with van der Waals surface area (Å²) in [7, 11) is 3.19. The van der Waals surface area contributed by atoms with Crippen LogP contribution in [0.5, 0.6) is 11.5 Å². The van der Waals surface area contributed by atoms with E-state index in [4.69, 9.17) is 19.9 Å². The third-order valence-corrected chi connectivity index (χ3v) is 2.80. The third-order valence-electron chi connectivity index (χ3n) is 2.80. The van der Waals surface area contributed by atoms with Gasteiger partial charge in [-0.3, -0.25) is 0 Å². The summed E-state index contributed by atoms with van der Waals surface area (Å²) < 4.78 is 15.9. The molecule has 0 spiro atoms. The Labute approximate surface area is 101 Å². The number of ether oxygens (including phenoxy) is 3. The first-order valence-electron chi connectivity index (χ1n) is 5.64. The topological polar surface area (TPSA) is 65.7 Å². The van der Waals surface area contributed by atoms with Crippen molar-refractivity contribution in [1.82, 2.24) is 0 Å². The summed E-state index contributed by atoms with van der Waals surface area (Å²) in [6.45, 7) is 0.796. The fourth-order valence-corrected chi connectivity index (χ4v) is 1.88. The lowest BCUT2D eigenvalue weighted by Gasteiger charge is -2.17. The molecule has 5 heteroatoms. The molecular weight excluding hydrogens is 220 g/mol. The maximum atomic E-state index is 5.95. The summed E-state index contributed by atoms with van der Waals surface area (Å²) in [5.74, 6) is 1.28. The van der Waals surface area contributed by atoms with Gasteiger partial charge in [-0.1, -0.05) is 0 Å². The number of benzene rings is 1. The number of nitrogens with one attached hydrogen (secondary N) is 1. The summed E-state index contributed by atoms with van der Waals surface area (Å²) in [4.78, 5) is 0. The summed E-state index contributed by atoms with van der Waals surface area (Å²) in [6.07, 6.45) is 2.11. The van der Waals surface area contributed by atoms with Gasteiger partial charge >= 0.3 is 0 Å². The summed E-state index contributed by atoms with van der Waals surface area (Å²) in [5.41, 5.74) is 7.38. The van der Waals surface area contributed by atoms with Crippen LogP contribution in [0.4, 0.5) is 11.4 Å². The summed E-state index contributed by atoms with van der Waals surface area (Å²) >= 11 is 0. The van der Waals surface area contributed by atoms with Crippen LogP contribution < -0.4 is 20.5 Å². The van der Waals surface area contributed by atoms with Gasteiger partial charge in [0, 0.05) is 18.7 Å². The van der Waals surface area contributed by atoms with E-state index in [9.17, 15) is 0 Å². The van der Waals surface area contributed by atoms with E-state index < -0.39 is 0 Å². The van der Waals surface area contributed by atoms with Gasteiger partial charge in [0.1, 0.15) is 6.23 Å². The number of hydrogen-bond acceptors (Lipinski definition) is 5. The molecule has 5 nitrogen and oxygen atoms in total. The zero-order chi connectivity index (χ0) is 12.3. The van der Waals surface area contributed by atoms with Crippen molar-refractivity contribution in [2.45, 2.75) is 19.1 Å². The number of rotatable bonds is 4. The Balaban J connectivity index is 2.20. The number of methoxy groups -OCH3 is 2. The van der Waals surface area contributed by atoms with E-state index in [-0.39, 0.29) is 6.23 Å². The minimum atomic E-state index is 0.0374. The van der Waals surface area contributed by atoms with Crippen molar-refractivity contribution in [3.63, 3.8) is 0 Å². The normalized spacial score (nSPS) is 19.1. The number of nitrogens with two attached hydrogens (primary N) is 1. The molecule has 0 amide bonds. The van der Waals surface area contributed by atoms with Crippen LogP contribution in [0.1, 0.15) is 12.8 Å². The fraction of sp³-hybridized carbons (Fsp3) is 0.500. The van der Waals surface area contributed by atoms with Crippen molar-refractivity contribution in [2.75, 3.05) is 31.9 Å². The van der Waals surface area contributed by atoms with Crippen molar-refractivity contribution in [3.05, 3.63) is 12.1 Å². The van der Waals surface area contributed by atoms with Gasteiger partial charge in [-0.05, 0) is 12.8 Å². The van der Waals surface area contributed by atoms with Crippen LogP contribution in [0.3, 0.4) is 0 Å². The highest BCUT2D eigenvalue weighted by atomic mass is 16.5. The lowest BCUT2D eigenvalue weighted by molar-refractivity contribution is 0.132. The quantitative estimate of drug-likeness (QED) is 0.783. The van der Waals surface area contributed by atoms with Crippen LogP contribution in [0.15, 0.2) is 12.1 Å². The highest BCUT2D eigenvalue weighted by Gasteiger charge is 2.17. The van der Waals surface area contributed by atoms with E-state index >= 15 is 0 Å². The molecule has 1 aromatic carbocycles. The average molecular weight is 238 g/mol. The Morgan fingerprint density at radius 1 is 1.29 bits per heavy atom. The van der Waals surface area contributed by atoms with Crippen LogP contribution in [0, 0.1) is 0 Å². The number of hydrogen-bond donors (Lipinski definition) is 2. The molecule has 0 saturated carbocycles. The molecule has 1 aliphatic rings. The number of nitrogen functional groups attached to an aromatic ring is 1. The Bertz CT molecular complexity index is 390. The Morgan fingerprint density at radius 2 is 2.00 bits per heavy atom. The highest BCUT2D eigenvalue weighted by Crippen LogP contribution is 2.35. The largest absolute Gasteiger partial charge is 0.493 e. The first-order chi connectivity index (χ1) is 8.24. The van der Waals surface area contributed by atoms with Gasteiger partial charge in [-0.2, -0.15) is 0 Å². The van der Waals surface area contributed by atoms with Gasteiger partial charge < -0.3 is 25.3 Å². The molecule has 1 fully saturated rings. The molecule has 94 valence electrons. The molecule has 0 aliphatic carbocycles. The van der Waals surface area contributed by atoms with Gasteiger partial charge in [-0.15, -0.1) is 0 Å². The molecule has 2 rings (SSSR count). The predicted octanol–water partition coefficient (Wildman–Crippen LogP) is 1.83. The second-order valence-electron chi connectivity index (χ2n) is 3.94. The lowest BCUT2D eigenvalue weighted by atomic mass is 10.2. The van der Waals surface area contributed by atoms with Crippen LogP contribution in [-0.2, 0) is 4.74 Å². The van der Waals surface area contributed by atoms with E-state index in [1.54, 1.807) is 20.3 Å². The van der Waals surface area contributed by atoms with Crippen LogP contribution in [0.25, 0.3) is 0 Å². The van der Waals surface area contributed by atoms with E-state index in [0.717, 1.165) is 25.1 Å². The molecule has 3 N–H and O–H groups in total. The van der Waals surface area contributed by atoms with Gasteiger partial charge in [-0.25, -0.2) is 0 Å². The Morgan fingerprint density at radius 3 is 2.59 bits per heavy atom. The zero-order valence-corrected chi connectivity index (χ0v) is 10.2. The molecule has 1 aliphatic heterocycles. The first kappa shape index (κ1) is 11.9. The van der Waals surface area contributed by atoms with Crippen LogP contribution >= 0.6 is 0 Å². The van der Waals surface area contributed by atoms with E-state index in [1.807, 2.05) is 6.07 Å². The van der Waals surface area contributed by atoms with Crippen molar-refractivity contribution in [1.29, 1.82) is 0 Å². The molecular formula is C12H18N2O3. The number of anilines is 2. The van der Waals surface area contributed by atoms with Crippen molar-refractivity contribution < 1.29 is 14.2 Å². The minimum absolute atomic E-state index is 0.0374. The van der Waals surface area contributed by atoms with Gasteiger partial charge in [0.25, 0.3) is 0 Å². The predicted molar refractivity (Wildman–Crippen MR) is 66.6 cm³/mol. The maximum Gasteiger partial charge on any atom is 0.162 e. The van der Waals surface area contributed by atoms with E-state index in [2.05, 4.69) is 5.32 Å². The highest BCUT2D eigenvalue weighted by molar-refractivity contribution is 5.72. The van der Waals surface area contributed by atoms with E-state index in [0.29, 0.717) is 17.2 Å². The smallest absolute Gasteiger partial charge is 0.162 e. The summed E-state index contributed by atoms with van der Waals surface area (Å²) in [5, 5.41) is 3.25. The third kappa shape index (κ3) is 2.55. The standard InChI is InChI=1S/C12H18N2O3/c1-15-10-6-8(13)9(7-11(10)16-2)14-12-4-3-5-17-12/h6-7,12,14H,3-5,13H2,1-2H3. The zero-order valence-electron chi connectivity index (χ0n) is 10.2. The van der Waals surface area contributed by atoms with Crippen LogP contribution in [-0.4, -0.2) is 27.1 Å². The molecule has 0 aromatic heterocycles. The van der Waals surface area contributed by atoms with Gasteiger partial charge in [0.15, 0.2) is 11.5 Å². The SMILES string of the molecule is COc1cc(N)c(NC2CCCO2)cc1OC. The second kappa shape index (κ2) is 5.14. The molecule has 1 unspecified atom stereocenters. The van der Waals surface area contributed by atoms with Gasteiger partial charge in [0.05, 0.1) is 25.6 Å². The average Bonchev–Trinajstić information content (AvgIpc) is 2.84. The van der Waals surface area contributed by atoms with Crippen molar-refractivity contribution >= 4 is 11.4 Å². The van der Waals surface area contributed by atoms with Crippen LogP contribution in [0.2, 0.25) is 0 Å². The van der Waals surface area contributed by atoms with Crippen molar-refractivity contribution in [2.24, 2.45) is 0 Å². The molecule has 1 heterocycles. The van der Waals surface area contributed by atoms with Gasteiger partial charge in [0.2, 0.25) is 0 Å². The first-order valence-corrected chi connectivity index (χ1v) is 5.64. The molecule has 1 aromatic rings. The second-order valence-corrected chi connectivity index (χ2v) is 3.94. The maximum absolute atomic E-state index is 5.95. The molecule has 1 atom stereocenters. The lowest BCUT2D eigenvalue weighted by Crippen LogP contribution is -2.18. The fourth-order valence-electron chi connectivity index (χ4n) is 1.88. The summed E-state index contributed by atoms with van der Waals surface area (Å²) in [6, 6.07) is 3.58. The molecule has 17 heavy (non-hydrogen) atoms. The van der Waals surface area contributed by atoms with Crippen molar-refractivity contribution in [3.8, 4) is 11.5 Å². The van der Waals surface area contributed by atoms with E-state index in [1.165, 1.54) is 0 Å². The monoisotopic (exact) mass is 238 g/mol. The Hall–Kier alpha value is -1.62. The molecule has 1 saturated heterocycles.